The van der Waals surface area contributed by atoms with Crippen molar-refractivity contribution in [1.29, 1.82) is 0 Å². The number of amides is 1. The number of hydrogen-bond acceptors (Lipinski definition) is 4. The van der Waals surface area contributed by atoms with Gasteiger partial charge in [0.25, 0.3) is 0 Å². The molecule has 9 heteroatoms. The van der Waals surface area contributed by atoms with Crippen LogP contribution in [0.15, 0.2) is 17.0 Å². The smallest absolute Gasteiger partial charge is 0.244 e. The largest absolute Gasteiger partial charge is 0.323 e. The number of carbonyl (C=O) groups excluding carboxylic acids is 1. The van der Waals surface area contributed by atoms with Gasteiger partial charge in [0.05, 0.1) is 11.6 Å². The number of hydrogen-bond donors (Lipinski definition) is 3. The molecule has 1 unspecified atom stereocenters. The van der Waals surface area contributed by atoms with Crippen LogP contribution in [0.25, 0.3) is 0 Å². The topological polar surface area (TPSA) is 87.3 Å². The number of rotatable bonds is 4. The van der Waals surface area contributed by atoms with Gasteiger partial charge in [-0.25, -0.2) is 21.9 Å². The van der Waals surface area contributed by atoms with Crippen molar-refractivity contribution >= 4 is 21.6 Å². The summed E-state index contributed by atoms with van der Waals surface area (Å²) in [7, 11) is -4.20. The van der Waals surface area contributed by atoms with Gasteiger partial charge in [-0.1, -0.05) is 0 Å². The molecule has 0 saturated carbocycles. The van der Waals surface area contributed by atoms with Crippen molar-refractivity contribution in [1.82, 2.24) is 10.0 Å². The number of carbonyl (C=O) groups is 1. The van der Waals surface area contributed by atoms with Gasteiger partial charge in [-0.05, 0) is 46.2 Å². The van der Waals surface area contributed by atoms with E-state index in [9.17, 15) is 22.0 Å². The lowest BCUT2D eigenvalue weighted by atomic mass is 9.99. The summed E-state index contributed by atoms with van der Waals surface area (Å²) < 4.78 is 55.0. The second-order valence-corrected chi connectivity index (χ2v) is 8.80. The van der Waals surface area contributed by atoms with E-state index in [-0.39, 0.29) is 11.6 Å². The predicted octanol–water partition coefficient (Wildman–Crippen LogP) is 1.98. The molecular formula is C16H23F2N3O3S. The maximum Gasteiger partial charge on any atom is 0.244 e. The molecule has 1 aromatic carbocycles. The fraction of sp³-hybridized carbons (Fsp3) is 0.562. The lowest BCUT2D eigenvalue weighted by Crippen LogP contribution is -2.41. The average molecular weight is 375 g/mol. The van der Waals surface area contributed by atoms with Crippen LogP contribution >= 0.6 is 0 Å². The molecule has 1 saturated heterocycles. The number of benzene rings is 1. The Balaban J connectivity index is 2.29. The molecule has 1 amide bonds. The molecule has 25 heavy (non-hydrogen) atoms. The summed E-state index contributed by atoms with van der Waals surface area (Å²) >= 11 is 0. The minimum atomic E-state index is -4.20. The highest BCUT2D eigenvalue weighted by atomic mass is 32.2. The molecule has 0 aliphatic carbocycles. The lowest BCUT2D eigenvalue weighted by Gasteiger charge is -2.23. The fourth-order valence-electron chi connectivity index (χ4n) is 2.60. The third-order valence-electron chi connectivity index (χ3n) is 3.68. The van der Waals surface area contributed by atoms with E-state index >= 15 is 0 Å². The Hall–Kier alpha value is -1.58. The van der Waals surface area contributed by atoms with E-state index in [4.69, 9.17) is 0 Å². The number of anilines is 1. The summed E-state index contributed by atoms with van der Waals surface area (Å²) in [5.74, 6) is -3.01. The van der Waals surface area contributed by atoms with E-state index in [1.54, 1.807) is 20.8 Å². The number of piperidine rings is 1. The van der Waals surface area contributed by atoms with Gasteiger partial charge in [0.15, 0.2) is 0 Å². The van der Waals surface area contributed by atoms with Gasteiger partial charge in [-0.15, -0.1) is 0 Å². The SMILES string of the molecule is CC(C)(C)NS(=O)(=O)c1cc(NC(=O)C2CCCNC2)c(F)cc1F. The van der Waals surface area contributed by atoms with E-state index < -0.39 is 38.0 Å². The fourth-order valence-corrected chi connectivity index (χ4v) is 4.10. The summed E-state index contributed by atoms with van der Waals surface area (Å²) in [6, 6.07) is 1.28. The molecule has 2 rings (SSSR count). The molecule has 1 fully saturated rings. The number of nitrogens with one attached hydrogen (secondary N) is 3. The zero-order chi connectivity index (χ0) is 18.8. The first-order valence-corrected chi connectivity index (χ1v) is 9.52. The van der Waals surface area contributed by atoms with Crippen molar-refractivity contribution in [3.8, 4) is 0 Å². The van der Waals surface area contributed by atoms with E-state index in [0.717, 1.165) is 19.0 Å². The van der Waals surface area contributed by atoms with Crippen LogP contribution < -0.4 is 15.4 Å². The summed E-state index contributed by atoms with van der Waals surface area (Å²) in [5.41, 5.74) is -1.19. The second-order valence-electron chi connectivity index (χ2n) is 7.15. The maximum absolute atomic E-state index is 14.0. The van der Waals surface area contributed by atoms with Gasteiger partial charge in [0.2, 0.25) is 15.9 Å². The summed E-state index contributed by atoms with van der Waals surface area (Å²) in [5, 5.41) is 5.44. The molecule has 6 nitrogen and oxygen atoms in total. The molecule has 1 aliphatic heterocycles. The Labute approximate surface area is 146 Å². The zero-order valence-corrected chi connectivity index (χ0v) is 15.3. The second kappa shape index (κ2) is 7.35. The number of sulfonamides is 1. The normalized spacial score (nSPS) is 18.8. The average Bonchev–Trinajstić information content (AvgIpc) is 2.48. The minimum absolute atomic E-state index is 0.342. The van der Waals surface area contributed by atoms with Crippen molar-refractivity contribution in [3.05, 3.63) is 23.8 Å². The Morgan fingerprint density at radius 1 is 1.24 bits per heavy atom. The third kappa shape index (κ3) is 5.20. The van der Waals surface area contributed by atoms with Gasteiger partial charge in [-0.2, -0.15) is 0 Å². The van der Waals surface area contributed by atoms with Crippen LogP contribution in [-0.2, 0) is 14.8 Å². The highest BCUT2D eigenvalue weighted by Gasteiger charge is 2.28. The van der Waals surface area contributed by atoms with Gasteiger partial charge in [-0.3, -0.25) is 4.79 Å². The zero-order valence-electron chi connectivity index (χ0n) is 14.4. The van der Waals surface area contributed by atoms with Crippen molar-refractivity contribution in [3.63, 3.8) is 0 Å². The van der Waals surface area contributed by atoms with Gasteiger partial charge < -0.3 is 10.6 Å². The quantitative estimate of drug-likeness (QED) is 0.751. The van der Waals surface area contributed by atoms with Gasteiger partial charge in [0, 0.05) is 18.2 Å². The molecule has 0 spiro atoms. The van der Waals surface area contributed by atoms with Crippen LogP contribution in [0.4, 0.5) is 14.5 Å². The summed E-state index contributed by atoms with van der Waals surface area (Å²) in [6.45, 7) is 6.08. The third-order valence-corrected chi connectivity index (χ3v) is 5.45. The van der Waals surface area contributed by atoms with Crippen LogP contribution in [0, 0.1) is 17.6 Å². The summed E-state index contributed by atoms with van der Waals surface area (Å²) in [4.78, 5) is 11.5. The first kappa shape index (κ1) is 19.7. The van der Waals surface area contributed by atoms with Crippen LogP contribution in [0.1, 0.15) is 33.6 Å². The lowest BCUT2D eigenvalue weighted by molar-refractivity contribution is -0.120. The van der Waals surface area contributed by atoms with E-state index in [1.807, 2.05) is 0 Å². The van der Waals surface area contributed by atoms with Crippen molar-refractivity contribution in [2.45, 2.75) is 44.0 Å². The Morgan fingerprint density at radius 2 is 1.92 bits per heavy atom. The molecule has 140 valence electrons. The summed E-state index contributed by atoms with van der Waals surface area (Å²) in [6.07, 6.45) is 1.47. The standard InChI is InChI=1S/C16H23F2N3O3S/c1-16(2,3)21-25(23,24)14-8-13(11(17)7-12(14)18)20-15(22)10-5-4-6-19-9-10/h7-8,10,19,21H,4-6,9H2,1-3H3,(H,20,22). The van der Waals surface area contributed by atoms with Crippen LogP contribution in [0.2, 0.25) is 0 Å². The minimum Gasteiger partial charge on any atom is -0.323 e. The highest BCUT2D eigenvalue weighted by Crippen LogP contribution is 2.25. The van der Waals surface area contributed by atoms with E-state index in [2.05, 4.69) is 15.4 Å². The molecular weight excluding hydrogens is 352 g/mol. The molecule has 1 heterocycles. The first-order chi connectivity index (χ1) is 11.5. The first-order valence-electron chi connectivity index (χ1n) is 8.04. The molecule has 0 radical (unpaired) electrons. The Kier molecular flexibility index (Phi) is 5.80. The van der Waals surface area contributed by atoms with Crippen molar-refractivity contribution in [2.75, 3.05) is 18.4 Å². The molecule has 0 aromatic heterocycles. The van der Waals surface area contributed by atoms with Crippen molar-refractivity contribution < 1.29 is 22.0 Å². The molecule has 1 atom stereocenters. The van der Waals surface area contributed by atoms with Crippen molar-refractivity contribution in [2.24, 2.45) is 5.92 Å². The predicted molar refractivity (Wildman–Crippen MR) is 90.7 cm³/mol. The molecule has 1 aliphatic rings. The van der Waals surface area contributed by atoms with E-state index in [0.29, 0.717) is 19.0 Å². The molecule has 1 aromatic rings. The van der Waals surface area contributed by atoms with Crippen LogP contribution in [-0.4, -0.2) is 33.0 Å². The Bertz CT molecular complexity index is 755. The Morgan fingerprint density at radius 3 is 2.48 bits per heavy atom. The monoisotopic (exact) mass is 375 g/mol. The van der Waals surface area contributed by atoms with Gasteiger partial charge in [0.1, 0.15) is 16.5 Å². The number of halogens is 2. The van der Waals surface area contributed by atoms with Crippen LogP contribution in [0.3, 0.4) is 0 Å². The van der Waals surface area contributed by atoms with E-state index in [1.165, 1.54) is 0 Å². The maximum atomic E-state index is 14.0. The highest BCUT2D eigenvalue weighted by molar-refractivity contribution is 7.89. The van der Waals surface area contributed by atoms with Crippen LogP contribution in [0.5, 0.6) is 0 Å². The molecule has 3 N–H and O–H groups in total. The van der Waals surface area contributed by atoms with Gasteiger partial charge >= 0.3 is 0 Å². The molecule has 0 bridgehead atoms.